The summed E-state index contributed by atoms with van der Waals surface area (Å²) < 4.78 is 10.6. The Balaban J connectivity index is 1.81. The number of carbonyl (C=O) groups excluding carboxylic acids is 1. The van der Waals surface area contributed by atoms with E-state index in [2.05, 4.69) is 10.1 Å². The van der Waals surface area contributed by atoms with Crippen molar-refractivity contribution in [2.45, 2.75) is 20.3 Å². The van der Waals surface area contributed by atoms with Gasteiger partial charge in [-0.2, -0.15) is 0 Å². The van der Waals surface area contributed by atoms with Crippen molar-refractivity contribution < 1.29 is 13.7 Å². The van der Waals surface area contributed by atoms with Gasteiger partial charge in [0, 0.05) is 25.5 Å². The van der Waals surface area contributed by atoms with E-state index in [1.807, 2.05) is 19.1 Å². The molecule has 6 heteroatoms. The third-order valence-electron chi connectivity index (χ3n) is 3.92. The lowest BCUT2D eigenvalue weighted by Gasteiger charge is -2.20. The van der Waals surface area contributed by atoms with Crippen molar-refractivity contribution in [3.05, 3.63) is 59.8 Å². The highest BCUT2D eigenvalue weighted by molar-refractivity contribution is 6.00. The standard InChI is InChI=1S/C18H19N3O3/c1-3-21(11-8-14-6-9-19-10-7-14)18(22)16-13(2)24-20-17(16)15-5-4-12-23-15/h4-7,9-10,12H,3,8,11H2,1-2H3. The van der Waals surface area contributed by atoms with Crippen LogP contribution < -0.4 is 0 Å². The average Bonchev–Trinajstić information content (AvgIpc) is 3.25. The third kappa shape index (κ3) is 3.22. The van der Waals surface area contributed by atoms with E-state index in [1.165, 1.54) is 0 Å². The van der Waals surface area contributed by atoms with Crippen molar-refractivity contribution in [1.82, 2.24) is 15.0 Å². The number of amides is 1. The van der Waals surface area contributed by atoms with Crippen LogP contribution in [0.5, 0.6) is 0 Å². The second kappa shape index (κ2) is 7.12. The number of pyridine rings is 1. The SMILES string of the molecule is CCN(CCc1ccncc1)C(=O)c1c(-c2ccco2)noc1C. The van der Waals surface area contributed by atoms with E-state index in [0.717, 1.165) is 12.0 Å². The smallest absolute Gasteiger partial charge is 0.259 e. The summed E-state index contributed by atoms with van der Waals surface area (Å²) in [4.78, 5) is 18.8. The normalized spacial score (nSPS) is 10.8. The van der Waals surface area contributed by atoms with Gasteiger partial charge in [-0.3, -0.25) is 9.78 Å². The Kier molecular flexibility index (Phi) is 4.74. The Labute approximate surface area is 140 Å². The van der Waals surface area contributed by atoms with Gasteiger partial charge in [-0.25, -0.2) is 0 Å². The van der Waals surface area contributed by atoms with Crippen LogP contribution in [0.3, 0.4) is 0 Å². The summed E-state index contributed by atoms with van der Waals surface area (Å²) in [7, 11) is 0. The molecule has 0 aliphatic carbocycles. The van der Waals surface area contributed by atoms with Crippen LogP contribution in [0.25, 0.3) is 11.5 Å². The predicted molar refractivity (Wildman–Crippen MR) is 88.5 cm³/mol. The molecule has 0 N–H and O–H groups in total. The number of carbonyl (C=O) groups is 1. The molecular formula is C18H19N3O3. The van der Waals surface area contributed by atoms with Crippen molar-refractivity contribution >= 4 is 5.91 Å². The Bertz CT molecular complexity index is 794. The van der Waals surface area contributed by atoms with Gasteiger partial charge in [0.2, 0.25) is 0 Å². The van der Waals surface area contributed by atoms with Gasteiger partial charge >= 0.3 is 0 Å². The maximum absolute atomic E-state index is 13.0. The minimum Gasteiger partial charge on any atom is -0.463 e. The molecule has 0 aromatic carbocycles. The Morgan fingerprint density at radius 2 is 2.04 bits per heavy atom. The van der Waals surface area contributed by atoms with E-state index in [0.29, 0.717) is 35.9 Å². The van der Waals surface area contributed by atoms with Crippen LogP contribution in [-0.4, -0.2) is 34.0 Å². The zero-order valence-corrected chi connectivity index (χ0v) is 13.7. The molecule has 0 saturated carbocycles. The van der Waals surface area contributed by atoms with E-state index in [1.54, 1.807) is 42.6 Å². The lowest BCUT2D eigenvalue weighted by atomic mass is 10.1. The molecule has 0 saturated heterocycles. The van der Waals surface area contributed by atoms with E-state index in [9.17, 15) is 4.79 Å². The summed E-state index contributed by atoms with van der Waals surface area (Å²) in [6, 6.07) is 7.43. The van der Waals surface area contributed by atoms with Crippen LogP contribution in [0, 0.1) is 6.92 Å². The van der Waals surface area contributed by atoms with E-state index < -0.39 is 0 Å². The maximum atomic E-state index is 13.0. The molecule has 0 radical (unpaired) electrons. The maximum Gasteiger partial charge on any atom is 0.259 e. The van der Waals surface area contributed by atoms with Crippen LogP contribution in [0.2, 0.25) is 0 Å². The van der Waals surface area contributed by atoms with Crippen molar-refractivity contribution in [3.63, 3.8) is 0 Å². The van der Waals surface area contributed by atoms with E-state index >= 15 is 0 Å². The molecule has 3 aromatic heterocycles. The molecule has 0 unspecified atom stereocenters. The summed E-state index contributed by atoms with van der Waals surface area (Å²) >= 11 is 0. The first-order chi connectivity index (χ1) is 11.7. The van der Waals surface area contributed by atoms with Gasteiger partial charge in [-0.05, 0) is 50.1 Å². The highest BCUT2D eigenvalue weighted by Gasteiger charge is 2.26. The number of nitrogens with zero attached hydrogens (tertiary/aromatic N) is 3. The quantitative estimate of drug-likeness (QED) is 0.695. The summed E-state index contributed by atoms with van der Waals surface area (Å²) in [5.41, 5.74) is 2.05. The predicted octanol–water partition coefficient (Wildman–Crippen LogP) is 3.34. The van der Waals surface area contributed by atoms with Crippen molar-refractivity contribution in [2.75, 3.05) is 13.1 Å². The van der Waals surface area contributed by atoms with Gasteiger partial charge in [-0.15, -0.1) is 0 Å². The molecule has 0 bridgehead atoms. The van der Waals surface area contributed by atoms with Crippen LogP contribution in [0.1, 0.15) is 28.6 Å². The lowest BCUT2D eigenvalue weighted by molar-refractivity contribution is 0.0765. The van der Waals surface area contributed by atoms with Gasteiger partial charge < -0.3 is 13.8 Å². The fraction of sp³-hybridized carbons (Fsp3) is 0.278. The number of hydrogen-bond donors (Lipinski definition) is 0. The van der Waals surface area contributed by atoms with Gasteiger partial charge in [0.25, 0.3) is 5.91 Å². The molecule has 6 nitrogen and oxygen atoms in total. The van der Waals surface area contributed by atoms with Crippen LogP contribution in [0.4, 0.5) is 0 Å². The fourth-order valence-corrected chi connectivity index (χ4v) is 2.58. The molecule has 3 aromatic rings. The molecular weight excluding hydrogens is 306 g/mol. The van der Waals surface area contributed by atoms with Crippen molar-refractivity contribution in [3.8, 4) is 11.5 Å². The Morgan fingerprint density at radius 3 is 2.71 bits per heavy atom. The topological polar surface area (TPSA) is 72.4 Å². The van der Waals surface area contributed by atoms with Crippen LogP contribution >= 0.6 is 0 Å². The second-order valence-corrected chi connectivity index (χ2v) is 5.43. The molecule has 3 heterocycles. The monoisotopic (exact) mass is 325 g/mol. The van der Waals surface area contributed by atoms with Crippen LogP contribution in [0.15, 0.2) is 51.9 Å². The zero-order valence-electron chi connectivity index (χ0n) is 13.7. The Morgan fingerprint density at radius 1 is 1.25 bits per heavy atom. The fourth-order valence-electron chi connectivity index (χ4n) is 2.58. The minimum atomic E-state index is -0.100. The van der Waals surface area contributed by atoms with Gasteiger partial charge in [0.05, 0.1) is 6.26 Å². The van der Waals surface area contributed by atoms with Crippen LogP contribution in [-0.2, 0) is 6.42 Å². The number of furan rings is 1. The lowest BCUT2D eigenvalue weighted by Crippen LogP contribution is -2.33. The first kappa shape index (κ1) is 16.0. The summed E-state index contributed by atoms with van der Waals surface area (Å²) in [5, 5.41) is 3.99. The number of aryl methyl sites for hydroxylation is 1. The summed E-state index contributed by atoms with van der Waals surface area (Å²) in [6.07, 6.45) is 5.83. The third-order valence-corrected chi connectivity index (χ3v) is 3.92. The first-order valence-electron chi connectivity index (χ1n) is 7.89. The molecule has 0 aliphatic rings. The average molecular weight is 325 g/mol. The molecule has 124 valence electrons. The highest BCUT2D eigenvalue weighted by Crippen LogP contribution is 2.26. The van der Waals surface area contributed by atoms with Gasteiger partial charge in [-0.1, -0.05) is 5.16 Å². The zero-order chi connectivity index (χ0) is 16.9. The first-order valence-corrected chi connectivity index (χ1v) is 7.89. The summed E-state index contributed by atoms with van der Waals surface area (Å²) in [6.45, 7) is 4.91. The number of rotatable bonds is 6. The highest BCUT2D eigenvalue weighted by atomic mass is 16.5. The Hall–Kier alpha value is -2.89. The molecule has 0 atom stereocenters. The second-order valence-electron chi connectivity index (χ2n) is 5.43. The molecule has 0 spiro atoms. The van der Waals surface area contributed by atoms with E-state index in [4.69, 9.17) is 8.94 Å². The molecule has 24 heavy (non-hydrogen) atoms. The van der Waals surface area contributed by atoms with Gasteiger partial charge in [0.15, 0.2) is 11.5 Å². The molecule has 0 aliphatic heterocycles. The largest absolute Gasteiger partial charge is 0.463 e. The molecule has 0 fully saturated rings. The molecule has 3 rings (SSSR count). The number of aromatic nitrogens is 2. The van der Waals surface area contributed by atoms with Gasteiger partial charge in [0.1, 0.15) is 11.3 Å². The van der Waals surface area contributed by atoms with Crippen molar-refractivity contribution in [2.24, 2.45) is 0 Å². The number of hydrogen-bond acceptors (Lipinski definition) is 5. The number of likely N-dealkylation sites (N-methyl/N-ethyl adjacent to an activating group) is 1. The minimum absolute atomic E-state index is 0.100. The van der Waals surface area contributed by atoms with Crippen molar-refractivity contribution in [1.29, 1.82) is 0 Å². The summed E-state index contributed by atoms with van der Waals surface area (Å²) in [5.74, 6) is 0.922. The van der Waals surface area contributed by atoms with E-state index in [-0.39, 0.29) is 5.91 Å². The molecule has 1 amide bonds.